The molecule has 19 heteroatoms. The quantitative estimate of drug-likeness (QED) is 0.00922. The van der Waals surface area contributed by atoms with Crippen LogP contribution in [0, 0.1) is 0 Å². The highest BCUT2D eigenvalue weighted by Crippen LogP contribution is 2.47. The van der Waals surface area contributed by atoms with Crippen LogP contribution >= 0.6 is 19.6 Å². The zero-order valence-electron chi connectivity index (χ0n) is 43.1. The van der Waals surface area contributed by atoms with Crippen LogP contribution in [0.4, 0.5) is 0 Å². The summed E-state index contributed by atoms with van der Waals surface area (Å²) in [6, 6.07) is -1.34. The largest absolute Gasteiger partial charge is 0.481 e. The number of phosphoric ester groups is 1. The van der Waals surface area contributed by atoms with Crippen molar-refractivity contribution in [2.24, 2.45) is 5.73 Å². The highest BCUT2D eigenvalue weighted by molar-refractivity contribution is 8.00. The number of ether oxygens (including phenoxy) is 2. The van der Waals surface area contributed by atoms with Crippen molar-refractivity contribution in [3.8, 4) is 0 Å². The Balaban J connectivity index is 2.85. The number of aliphatic hydroxyl groups excluding tert-OH is 6. The molecule has 10 N–H and O–H groups in total. The molecule has 416 valence electrons. The van der Waals surface area contributed by atoms with Gasteiger partial charge in [0, 0.05) is 23.8 Å². The molecule has 1 saturated carbocycles. The second kappa shape index (κ2) is 42.7. The number of rotatable bonds is 42. The maximum atomic E-state index is 13.3. The number of aliphatic hydroxyl groups is 6. The number of carboxylic acid groups (broad SMARTS) is 1. The molecule has 0 spiro atoms. The van der Waals surface area contributed by atoms with E-state index in [4.69, 9.17) is 29.4 Å². The second-order valence-corrected chi connectivity index (χ2v) is 20.5. The van der Waals surface area contributed by atoms with Gasteiger partial charge >= 0.3 is 25.7 Å². The normalized spacial score (nSPS) is 22.4. The third-order valence-electron chi connectivity index (χ3n) is 11.4. The average Bonchev–Trinajstić information content (AvgIpc) is 3.36. The van der Waals surface area contributed by atoms with E-state index >= 15 is 0 Å². The van der Waals surface area contributed by atoms with Crippen LogP contribution in [0.3, 0.4) is 0 Å². The van der Waals surface area contributed by atoms with Gasteiger partial charge in [-0.1, -0.05) is 150 Å². The number of carboxylic acids is 1. The van der Waals surface area contributed by atoms with Crippen LogP contribution in [0.5, 0.6) is 0 Å². The van der Waals surface area contributed by atoms with Crippen LogP contribution in [-0.4, -0.2) is 138 Å². The maximum absolute atomic E-state index is 13.3. The number of esters is 2. The first-order valence-corrected chi connectivity index (χ1v) is 28.5. The molecule has 0 amide bonds. The summed E-state index contributed by atoms with van der Waals surface area (Å²) in [6.07, 6.45) is 33.3. The fourth-order valence-corrected chi connectivity index (χ4v) is 9.21. The number of aliphatic carboxylic acids is 1. The predicted octanol–water partition coefficient (Wildman–Crippen LogP) is 7.93. The van der Waals surface area contributed by atoms with E-state index in [1.165, 1.54) is 12.8 Å². The number of unbranched alkanes of at least 4 members (excludes halogenated alkanes) is 9. The molecule has 0 saturated heterocycles. The lowest BCUT2D eigenvalue weighted by molar-refractivity contribution is -0.220. The van der Waals surface area contributed by atoms with Gasteiger partial charge in [-0.05, 0) is 77.0 Å². The summed E-state index contributed by atoms with van der Waals surface area (Å²) in [5.41, 5.74) is 6.22. The molecule has 0 bridgehead atoms. The SMILES string of the molecule is CC/C=C\C/C=C\C/C=C\C/C=C\CCCCCCCCC(=O)OC[C@H](COP(=O)(O)OC1[C@H](O)[C@H](O)C(O)[C@H](O)[C@H]1O)OC(=O)[C@@H](N)CS[C@H](/C=C/C=C/C=C\C/C=C\CCCCC)[C@@H](O)CCCC(=O)O. The molecule has 1 aliphatic carbocycles. The molecule has 3 unspecified atom stereocenters. The molecule has 0 aliphatic heterocycles. The summed E-state index contributed by atoms with van der Waals surface area (Å²) < 4.78 is 33.8. The van der Waals surface area contributed by atoms with Gasteiger partial charge in [0.15, 0.2) is 6.10 Å². The fourth-order valence-electron chi connectivity index (χ4n) is 7.11. The Morgan fingerprint density at radius 2 is 1.18 bits per heavy atom. The Bertz CT molecular complexity index is 1770. The minimum Gasteiger partial charge on any atom is -0.481 e. The molecule has 0 aromatic rings. The van der Waals surface area contributed by atoms with Gasteiger partial charge in [0.05, 0.1) is 12.7 Å². The van der Waals surface area contributed by atoms with Crippen molar-refractivity contribution >= 4 is 37.5 Å². The number of phosphoric acid groups is 1. The Hall–Kier alpha value is -3.49. The molecule has 0 radical (unpaired) electrons. The first-order valence-electron chi connectivity index (χ1n) is 26.0. The van der Waals surface area contributed by atoms with Crippen molar-refractivity contribution < 1.29 is 78.1 Å². The second-order valence-electron chi connectivity index (χ2n) is 17.8. The first kappa shape index (κ1) is 67.5. The van der Waals surface area contributed by atoms with E-state index in [1.807, 2.05) is 18.2 Å². The van der Waals surface area contributed by atoms with E-state index in [0.717, 1.165) is 95.2 Å². The lowest BCUT2D eigenvalue weighted by atomic mass is 9.85. The minimum atomic E-state index is -5.29. The van der Waals surface area contributed by atoms with Gasteiger partial charge in [-0.25, -0.2) is 4.57 Å². The van der Waals surface area contributed by atoms with E-state index in [9.17, 15) is 54.5 Å². The minimum absolute atomic E-state index is 0.0426. The number of nitrogens with two attached hydrogens (primary N) is 1. The van der Waals surface area contributed by atoms with Crippen LogP contribution in [0.2, 0.25) is 0 Å². The third kappa shape index (κ3) is 33.9. The van der Waals surface area contributed by atoms with Crippen molar-refractivity contribution in [3.05, 3.63) is 97.2 Å². The smallest absolute Gasteiger partial charge is 0.472 e. The summed E-state index contributed by atoms with van der Waals surface area (Å²) in [5.74, 6) is -2.78. The van der Waals surface area contributed by atoms with Gasteiger partial charge in [0.2, 0.25) is 0 Å². The molecule has 0 aromatic carbocycles. The number of allylic oxidation sites excluding steroid dienone is 15. The molecular formula is C54H88NO16PS. The zero-order chi connectivity index (χ0) is 54.1. The van der Waals surface area contributed by atoms with E-state index in [2.05, 4.69) is 74.6 Å². The van der Waals surface area contributed by atoms with Gasteiger partial charge in [-0.15, -0.1) is 11.8 Å². The Kier molecular flexibility index (Phi) is 39.5. The average molecular weight is 1070 g/mol. The Morgan fingerprint density at radius 3 is 1.78 bits per heavy atom. The predicted molar refractivity (Wildman–Crippen MR) is 286 cm³/mol. The van der Waals surface area contributed by atoms with E-state index < -0.39 is 99.1 Å². The zero-order valence-corrected chi connectivity index (χ0v) is 44.8. The number of carbonyl (C=O) groups excluding carboxylic acids is 2. The van der Waals surface area contributed by atoms with E-state index in [1.54, 1.807) is 18.2 Å². The van der Waals surface area contributed by atoms with E-state index in [-0.39, 0.29) is 31.4 Å². The first-order chi connectivity index (χ1) is 35.0. The number of thioether (sulfide) groups is 1. The molecule has 17 nitrogen and oxygen atoms in total. The van der Waals surface area contributed by atoms with Gasteiger partial charge in [-0.3, -0.25) is 23.4 Å². The lowest BCUT2D eigenvalue weighted by Gasteiger charge is -2.41. The van der Waals surface area contributed by atoms with E-state index in [0.29, 0.717) is 6.42 Å². The molecular weight excluding hydrogens is 982 g/mol. The molecule has 0 heterocycles. The van der Waals surface area contributed by atoms with Crippen molar-refractivity contribution in [1.29, 1.82) is 0 Å². The summed E-state index contributed by atoms with van der Waals surface area (Å²) in [7, 11) is -5.29. The molecule has 0 aromatic heterocycles. The highest BCUT2D eigenvalue weighted by Gasteiger charge is 2.51. The van der Waals surface area contributed by atoms with Crippen molar-refractivity contribution in [2.45, 2.75) is 202 Å². The third-order valence-corrected chi connectivity index (χ3v) is 13.8. The van der Waals surface area contributed by atoms with Crippen LogP contribution in [-0.2, 0) is 37.5 Å². The summed E-state index contributed by atoms with van der Waals surface area (Å²) in [6.45, 7) is 2.72. The molecule has 1 rings (SSSR count). The highest BCUT2D eigenvalue weighted by atomic mass is 32.2. The fraction of sp³-hybridized carbons (Fsp3) is 0.648. The van der Waals surface area contributed by atoms with Gasteiger partial charge in [-0.2, -0.15) is 0 Å². The Morgan fingerprint density at radius 1 is 0.644 bits per heavy atom. The van der Waals surface area contributed by atoms with Crippen LogP contribution in [0.1, 0.15) is 142 Å². The van der Waals surface area contributed by atoms with Crippen molar-refractivity contribution in [1.82, 2.24) is 0 Å². The van der Waals surface area contributed by atoms with Crippen molar-refractivity contribution in [2.75, 3.05) is 19.0 Å². The summed E-state index contributed by atoms with van der Waals surface area (Å²) >= 11 is 1.11. The molecule has 1 aliphatic rings. The molecule has 1 fully saturated rings. The molecule has 11 atom stereocenters. The standard InChI is InChI=1S/C54H88NO16PS/c1-3-5-7-9-11-13-15-17-18-19-20-21-22-23-25-27-29-31-33-38-47(59)68-39-42(40-69-72(66,67)71-53-51(63)49(61)48(60)50(62)52(53)64)70-54(65)43(55)41-73-45(44(56)35-34-37-46(57)58)36-32-30-28-26-24-16-14-12-10-8-6-4-2/h5,7,11-14,17-18,20-21,24,26,28,30,32,36,42-45,48-53,56,60-64H,3-4,6,8-10,15-16,19,22-23,25,27,29,31,33-35,37-41,55H2,1-2H3,(H,57,58)(H,66,67)/b7-5-,13-11-,14-12-,18-17-,21-20-,26-24-,30-28+,36-32+/t42-,43+,44+,45-,48?,49-,50+,51-,52-,53?/m1/s1. The van der Waals surface area contributed by atoms with Gasteiger partial charge in [0.1, 0.15) is 49.3 Å². The number of hydrogen-bond donors (Lipinski definition) is 9. The van der Waals surface area contributed by atoms with Crippen molar-refractivity contribution in [3.63, 3.8) is 0 Å². The summed E-state index contributed by atoms with van der Waals surface area (Å²) in [4.78, 5) is 47.8. The van der Waals surface area contributed by atoms with Crippen LogP contribution in [0.25, 0.3) is 0 Å². The Labute approximate surface area is 438 Å². The van der Waals surface area contributed by atoms with Crippen LogP contribution < -0.4 is 5.73 Å². The maximum Gasteiger partial charge on any atom is 0.472 e. The van der Waals surface area contributed by atoms with Gasteiger partial charge in [0.25, 0.3) is 0 Å². The van der Waals surface area contributed by atoms with Gasteiger partial charge < -0.3 is 55.8 Å². The lowest BCUT2D eigenvalue weighted by Crippen LogP contribution is -2.64. The number of hydrogen-bond acceptors (Lipinski definition) is 16. The topological polar surface area (TPSA) is 293 Å². The number of carbonyl (C=O) groups is 3. The molecule has 73 heavy (non-hydrogen) atoms. The summed E-state index contributed by atoms with van der Waals surface area (Å²) in [5, 5.41) is 70.1. The monoisotopic (exact) mass is 1070 g/mol. The van der Waals surface area contributed by atoms with Crippen LogP contribution in [0.15, 0.2) is 97.2 Å².